The van der Waals surface area contributed by atoms with E-state index in [1.807, 2.05) is 6.92 Å². The molecule has 3 nitrogen and oxygen atoms in total. The van der Waals surface area contributed by atoms with Crippen LogP contribution in [0.1, 0.15) is 84.1 Å². The lowest BCUT2D eigenvalue weighted by molar-refractivity contribution is 0.157. The fourth-order valence-electron chi connectivity index (χ4n) is 3.64. The average molecular weight is 361 g/mol. The predicted molar refractivity (Wildman–Crippen MR) is 113 cm³/mol. The first-order valence-corrected chi connectivity index (χ1v) is 10.3. The Morgan fingerprint density at radius 3 is 2.38 bits per heavy atom. The summed E-state index contributed by atoms with van der Waals surface area (Å²) in [6, 6.07) is 10.8. The molecule has 0 aliphatic heterocycles. The van der Waals surface area contributed by atoms with Gasteiger partial charge in [-0.1, -0.05) is 62.2 Å². The van der Waals surface area contributed by atoms with E-state index in [9.17, 15) is 5.11 Å². The summed E-state index contributed by atoms with van der Waals surface area (Å²) in [5, 5.41) is 9.80. The second-order valence-electron chi connectivity index (χ2n) is 7.75. The Hall–Kier alpha value is -1.16. The average Bonchev–Trinajstić information content (AvgIpc) is 2.66. The molecule has 148 valence electrons. The van der Waals surface area contributed by atoms with Gasteiger partial charge in [0, 0.05) is 6.54 Å². The van der Waals surface area contributed by atoms with Crippen LogP contribution in [0.15, 0.2) is 41.5 Å². The molecule has 3 unspecified atom stereocenters. The molecule has 3 atom stereocenters. The van der Waals surface area contributed by atoms with E-state index in [0.717, 1.165) is 45.1 Å². The quantitative estimate of drug-likeness (QED) is 0.253. The number of benzene rings is 1. The summed E-state index contributed by atoms with van der Waals surface area (Å²) >= 11 is 0. The summed E-state index contributed by atoms with van der Waals surface area (Å²) < 4.78 is 0. The number of aliphatic hydroxyl groups excluding tert-OH is 1. The van der Waals surface area contributed by atoms with Crippen molar-refractivity contribution in [2.75, 3.05) is 6.54 Å². The van der Waals surface area contributed by atoms with Gasteiger partial charge in [-0.15, -0.1) is 0 Å². The van der Waals surface area contributed by atoms with Crippen LogP contribution in [0.3, 0.4) is 0 Å². The Morgan fingerprint density at radius 1 is 1.08 bits per heavy atom. The highest BCUT2D eigenvalue weighted by molar-refractivity contribution is 5.20. The molecular weight excluding hydrogens is 320 g/mol. The Kier molecular flexibility index (Phi) is 11.5. The summed E-state index contributed by atoms with van der Waals surface area (Å²) in [5.74, 6) is 6.60. The summed E-state index contributed by atoms with van der Waals surface area (Å²) in [5.41, 5.74) is 7.32. The SMILES string of the molecule is CCC(O)CCC/C(C)=C(\CCC(C)c1ccccc1)C(C)CCNN. The summed E-state index contributed by atoms with van der Waals surface area (Å²) in [6.07, 6.45) is 7.15. The number of aliphatic hydroxyl groups is 1. The third-order valence-electron chi connectivity index (χ3n) is 5.64. The van der Waals surface area contributed by atoms with Crippen molar-refractivity contribution in [1.82, 2.24) is 5.43 Å². The van der Waals surface area contributed by atoms with E-state index in [2.05, 4.69) is 56.5 Å². The molecule has 0 fully saturated rings. The van der Waals surface area contributed by atoms with Gasteiger partial charge in [-0.3, -0.25) is 11.3 Å². The van der Waals surface area contributed by atoms with E-state index in [-0.39, 0.29) is 6.10 Å². The first-order valence-electron chi connectivity index (χ1n) is 10.3. The van der Waals surface area contributed by atoms with Crippen LogP contribution in [-0.2, 0) is 0 Å². The fraction of sp³-hybridized carbons (Fsp3) is 0.652. The molecule has 0 bridgehead atoms. The lowest BCUT2D eigenvalue weighted by Gasteiger charge is -2.22. The van der Waals surface area contributed by atoms with Crippen molar-refractivity contribution < 1.29 is 5.11 Å². The van der Waals surface area contributed by atoms with E-state index in [1.165, 1.54) is 17.6 Å². The van der Waals surface area contributed by atoms with Crippen molar-refractivity contribution in [3.8, 4) is 0 Å². The van der Waals surface area contributed by atoms with Crippen LogP contribution in [0.5, 0.6) is 0 Å². The Balaban J connectivity index is 2.71. The molecule has 0 amide bonds. The van der Waals surface area contributed by atoms with E-state index in [1.54, 1.807) is 5.57 Å². The van der Waals surface area contributed by atoms with Crippen molar-refractivity contribution >= 4 is 0 Å². The Bertz CT molecular complexity index is 512. The molecule has 1 aromatic rings. The smallest absolute Gasteiger partial charge is 0.0537 e. The van der Waals surface area contributed by atoms with Gasteiger partial charge < -0.3 is 5.11 Å². The van der Waals surface area contributed by atoms with Gasteiger partial charge in [0.15, 0.2) is 0 Å². The second-order valence-corrected chi connectivity index (χ2v) is 7.75. The summed E-state index contributed by atoms with van der Waals surface area (Å²) in [6.45, 7) is 9.83. The fourth-order valence-corrected chi connectivity index (χ4v) is 3.64. The molecule has 0 spiro atoms. The van der Waals surface area contributed by atoms with Crippen LogP contribution in [0.4, 0.5) is 0 Å². The van der Waals surface area contributed by atoms with Crippen molar-refractivity contribution in [2.24, 2.45) is 11.8 Å². The van der Waals surface area contributed by atoms with E-state index >= 15 is 0 Å². The van der Waals surface area contributed by atoms with Crippen LogP contribution >= 0.6 is 0 Å². The Labute approximate surface area is 161 Å². The minimum atomic E-state index is -0.150. The van der Waals surface area contributed by atoms with E-state index in [0.29, 0.717) is 11.8 Å². The molecule has 26 heavy (non-hydrogen) atoms. The van der Waals surface area contributed by atoms with E-state index < -0.39 is 0 Å². The maximum atomic E-state index is 9.80. The normalized spacial score (nSPS) is 16.1. The van der Waals surface area contributed by atoms with Crippen molar-refractivity contribution in [3.05, 3.63) is 47.0 Å². The maximum Gasteiger partial charge on any atom is 0.0537 e. The third kappa shape index (κ3) is 8.48. The van der Waals surface area contributed by atoms with Gasteiger partial charge >= 0.3 is 0 Å². The minimum Gasteiger partial charge on any atom is -0.393 e. The number of hydrazine groups is 1. The molecule has 0 heterocycles. The molecule has 0 saturated heterocycles. The molecule has 1 rings (SSSR count). The van der Waals surface area contributed by atoms with Crippen molar-refractivity contribution in [3.63, 3.8) is 0 Å². The standard InChI is InChI=1S/C23H40N2O/c1-5-22(26)13-9-10-19(3)23(20(4)16-17-25-24)15-14-18(2)21-11-7-6-8-12-21/h6-8,11-12,18,20,22,25-26H,5,9-10,13-17,24H2,1-4H3/b23-19+. The van der Waals surface area contributed by atoms with Gasteiger partial charge in [-0.2, -0.15) is 0 Å². The lowest BCUT2D eigenvalue weighted by Crippen LogP contribution is -2.25. The van der Waals surface area contributed by atoms with Gasteiger partial charge in [0.1, 0.15) is 0 Å². The minimum absolute atomic E-state index is 0.150. The van der Waals surface area contributed by atoms with E-state index in [4.69, 9.17) is 5.84 Å². The van der Waals surface area contributed by atoms with Gasteiger partial charge in [0.2, 0.25) is 0 Å². The maximum absolute atomic E-state index is 9.80. The number of nitrogens with two attached hydrogens (primary N) is 1. The molecular formula is C23H40N2O. The highest BCUT2D eigenvalue weighted by Gasteiger charge is 2.15. The zero-order chi connectivity index (χ0) is 19.4. The molecule has 0 saturated carbocycles. The number of allylic oxidation sites excluding steroid dienone is 2. The molecule has 0 aliphatic carbocycles. The first kappa shape index (κ1) is 22.9. The van der Waals surface area contributed by atoms with Crippen molar-refractivity contribution in [2.45, 2.75) is 84.7 Å². The number of hydrogen-bond acceptors (Lipinski definition) is 3. The predicted octanol–water partition coefficient (Wildman–Crippen LogP) is 5.32. The highest BCUT2D eigenvalue weighted by Crippen LogP contribution is 2.30. The van der Waals surface area contributed by atoms with Crippen LogP contribution < -0.4 is 11.3 Å². The molecule has 1 aromatic carbocycles. The van der Waals surface area contributed by atoms with Gasteiger partial charge in [0.05, 0.1) is 6.10 Å². The van der Waals surface area contributed by atoms with Crippen LogP contribution in [0, 0.1) is 5.92 Å². The van der Waals surface area contributed by atoms with Crippen molar-refractivity contribution in [1.29, 1.82) is 0 Å². The van der Waals surface area contributed by atoms with Crippen LogP contribution in [-0.4, -0.2) is 17.8 Å². The zero-order valence-electron chi connectivity index (χ0n) is 17.3. The molecule has 4 N–H and O–H groups in total. The lowest BCUT2D eigenvalue weighted by atomic mass is 9.85. The van der Waals surface area contributed by atoms with Gasteiger partial charge in [-0.25, -0.2) is 0 Å². The van der Waals surface area contributed by atoms with Crippen LogP contribution in [0.2, 0.25) is 0 Å². The molecule has 0 aromatic heterocycles. The molecule has 0 radical (unpaired) electrons. The number of hydrogen-bond donors (Lipinski definition) is 3. The van der Waals surface area contributed by atoms with Crippen LogP contribution in [0.25, 0.3) is 0 Å². The molecule has 3 heteroatoms. The topological polar surface area (TPSA) is 58.3 Å². The summed E-state index contributed by atoms with van der Waals surface area (Å²) in [7, 11) is 0. The molecule has 0 aliphatic rings. The van der Waals surface area contributed by atoms with Gasteiger partial charge in [0.25, 0.3) is 0 Å². The zero-order valence-corrected chi connectivity index (χ0v) is 17.3. The monoisotopic (exact) mass is 360 g/mol. The first-order chi connectivity index (χ1) is 12.5. The van der Waals surface area contributed by atoms with Gasteiger partial charge in [-0.05, 0) is 69.3 Å². The number of rotatable bonds is 13. The third-order valence-corrected chi connectivity index (χ3v) is 5.64. The number of nitrogens with one attached hydrogen (secondary N) is 1. The Morgan fingerprint density at radius 2 is 1.77 bits per heavy atom. The highest BCUT2D eigenvalue weighted by atomic mass is 16.3. The summed E-state index contributed by atoms with van der Waals surface area (Å²) in [4.78, 5) is 0. The second kappa shape index (κ2) is 13.1. The largest absolute Gasteiger partial charge is 0.393 e.